The molecular formula is C22H20N6O. The van der Waals surface area contributed by atoms with Gasteiger partial charge < -0.3 is 15.8 Å². The Morgan fingerprint density at radius 3 is 2.38 bits per heavy atom. The van der Waals surface area contributed by atoms with Gasteiger partial charge in [-0.15, -0.1) is 5.11 Å². The molecule has 0 atom stereocenters. The van der Waals surface area contributed by atoms with Gasteiger partial charge in [0.1, 0.15) is 5.75 Å². The number of ether oxygens (including phenoxy) is 1. The molecule has 0 aromatic heterocycles. The minimum Gasteiger partial charge on any atom is -0.497 e. The van der Waals surface area contributed by atoms with E-state index in [-0.39, 0.29) is 5.96 Å². The average Bonchev–Trinajstić information content (AvgIpc) is 2.74. The molecule has 7 heteroatoms. The summed E-state index contributed by atoms with van der Waals surface area (Å²) in [6, 6.07) is 22.3. The van der Waals surface area contributed by atoms with Crippen molar-refractivity contribution >= 4 is 23.0 Å². The maximum Gasteiger partial charge on any atom is 0.190 e. The van der Waals surface area contributed by atoms with Crippen molar-refractivity contribution in [1.29, 1.82) is 5.41 Å². The number of nitrogens with zero attached hydrogens (tertiary/aromatic N) is 2. The first-order chi connectivity index (χ1) is 14.1. The molecule has 144 valence electrons. The maximum atomic E-state index is 7.22. The highest BCUT2D eigenvalue weighted by Crippen LogP contribution is 2.18. The van der Waals surface area contributed by atoms with Crippen molar-refractivity contribution in [3.63, 3.8) is 0 Å². The Hall–Kier alpha value is -4.31. The number of para-hydroxylation sites is 1. The number of hydrogen-bond donors (Lipinski definition) is 4. The third-order valence-corrected chi connectivity index (χ3v) is 3.84. The van der Waals surface area contributed by atoms with E-state index in [9.17, 15) is 0 Å². The van der Waals surface area contributed by atoms with Gasteiger partial charge in [-0.1, -0.05) is 29.2 Å². The molecular weight excluding hydrogens is 364 g/mol. The molecule has 0 saturated carbocycles. The van der Waals surface area contributed by atoms with E-state index >= 15 is 0 Å². The second kappa shape index (κ2) is 9.58. The van der Waals surface area contributed by atoms with Crippen LogP contribution in [0.15, 0.2) is 83.1 Å². The van der Waals surface area contributed by atoms with E-state index in [2.05, 4.69) is 32.9 Å². The zero-order chi connectivity index (χ0) is 20.5. The molecule has 0 amide bonds. The van der Waals surface area contributed by atoms with Crippen molar-refractivity contribution < 1.29 is 4.74 Å². The van der Waals surface area contributed by atoms with Crippen LogP contribution in [0, 0.1) is 17.3 Å². The minimum atomic E-state index is -0.117. The van der Waals surface area contributed by atoms with E-state index in [0.717, 1.165) is 22.6 Å². The number of hydrogen-bond acceptors (Lipinski definition) is 4. The summed E-state index contributed by atoms with van der Waals surface area (Å²) in [5.41, 5.74) is 12.1. The Morgan fingerprint density at radius 1 is 0.966 bits per heavy atom. The third-order valence-electron chi connectivity index (χ3n) is 3.84. The van der Waals surface area contributed by atoms with Gasteiger partial charge >= 0.3 is 0 Å². The lowest BCUT2D eigenvalue weighted by atomic mass is 10.1. The first-order valence-electron chi connectivity index (χ1n) is 8.77. The maximum absolute atomic E-state index is 7.22. The highest BCUT2D eigenvalue weighted by atomic mass is 16.5. The molecule has 0 unspecified atom stereocenters. The molecule has 0 aliphatic heterocycles. The van der Waals surface area contributed by atoms with Gasteiger partial charge in [-0.3, -0.25) is 10.8 Å². The zero-order valence-electron chi connectivity index (χ0n) is 15.8. The van der Waals surface area contributed by atoms with Crippen molar-refractivity contribution in [1.82, 2.24) is 0 Å². The number of benzene rings is 3. The lowest BCUT2D eigenvalue weighted by Gasteiger charge is -2.03. The SMILES string of the molecule is COc1ccc(C#Cc2ccccc2N/N=N/c2ccc(NC(=N)N)cc2)cc1. The molecule has 3 rings (SSSR count). The van der Waals surface area contributed by atoms with Crippen molar-refractivity contribution in [2.75, 3.05) is 17.9 Å². The Balaban J connectivity index is 1.68. The van der Waals surface area contributed by atoms with Crippen LogP contribution in [0.25, 0.3) is 0 Å². The van der Waals surface area contributed by atoms with Gasteiger partial charge in [0.15, 0.2) is 5.96 Å². The summed E-state index contributed by atoms with van der Waals surface area (Å²) in [5.74, 6) is 6.95. The fourth-order valence-electron chi connectivity index (χ4n) is 2.41. The van der Waals surface area contributed by atoms with Crippen LogP contribution in [-0.4, -0.2) is 13.1 Å². The second-order valence-corrected chi connectivity index (χ2v) is 5.92. The van der Waals surface area contributed by atoms with Crippen LogP contribution in [-0.2, 0) is 0 Å². The molecule has 3 aromatic rings. The fourth-order valence-corrected chi connectivity index (χ4v) is 2.41. The van der Waals surface area contributed by atoms with E-state index in [0.29, 0.717) is 11.4 Å². The molecule has 0 spiro atoms. The fraction of sp³-hybridized carbons (Fsp3) is 0.0455. The van der Waals surface area contributed by atoms with Crippen LogP contribution >= 0.6 is 0 Å². The Morgan fingerprint density at radius 2 is 1.69 bits per heavy atom. The average molecular weight is 384 g/mol. The summed E-state index contributed by atoms with van der Waals surface area (Å²) < 4.78 is 5.16. The van der Waals surface area contributed by atoms with Crippen LogP contribution < -0.4 is 21.2 Å². The van der Waals surface area contributed by atoms with E-state index in [1.807, 2.05) is 48.5 Å². The summed E-state index contributed by atoms with van der Waals surface area (Å²) in [6.07, 6.45) is 0. The molecule has 0 fully saturated rings. The predicted molar refractivity (Wildman–Crippen MR) is 116 cm³/mol. The number of guanidine groups is 1. The number of methoxy groups -OCH3 is 1. The lowest BCUT2D eigenvalue weighted by Crippen LogP contribution is -2.20. The van der Waals surface area contributed by atoms with Crippen molar-refractivity contribution in [2.24, 2.45) is 16.1 Å². The molecule has 0 heterocycles. The minimum absolute atomic E-state index is 0.117. The van der Waals surface area contributed by atoms with Gasteiger partial charge in [0.2, 0.25) is 0 Å². The highest BCUT2D eigenvalue weighted by molar-refractivity contribution is 5.89. The molecule has 0 aliphatic carbocycles. The van der Waals surface area contributed by atoms with Crippen LogP contribution in [0.5, 0.6) is 5.75 Å². The van der Waals surface area contributed by atoms with E-state index in [1.54, 1.807) is 31.4 Å². The Bertz CT molecular complexity index is 1060. The second-order valence-electron chi connectivity index (χ2n) is 5.92. The van der Waals surface area contributed by atoms with Gasteiger partial charge in [-0.05, 0) is 60.7 Å². The molecule has 3 aromatic carbocycles. The van der Waals surface area contributed by atoms with Crippen LogP contribution in [0.2, 0.25) is 0 Å². The molecule has 0 aliphatic rings. The number of nitrogens with two attached hydrogens (primary N) is 1. The molecule has 0 radical (unpaired) electrons. The Labute approximate surface area is 169 Å². The Kier molecular flexibility index (Phi) is 6.42. The topological polar surface area (TPSA) is 108 Å². The predicted octanol–water partition coefficient (Wildman–Crippen LogP) is 4.51. The van der Waals surface area contributed by atoms with Gasteiger partial charge in [0, 0.05) is 16.8 Å². The standard InChI is InChI=1S/C22H20N6O/c1-29-20-14-7-16(8-15-20)6-9-17-4-2-3-5-21(17)27-28-26-19-12-10-18(11-13-19)25-22(23)24/h2-5,7-8,10-15H,1H3,(H,26,27)(H4,23,24,25). The quantitative estimate of drug-likeness (QED) is 0.171. The summed E-state index contributed by atoms with van der Waals surface area (Å²) in [4.78, 5) is 0. The van der Waals surface area contributed by atoms with Crippen molar-refractivity contribution in [2.45, 2.75) is 0 Å². The van der Waals surface area contributed by atoms with Crippen molar-refractivity contribution in [3.8, 4) is 17.6 Å². The first kappa shape index (κ1) is 19.5. The summed E-state index contributed by atoms with van der Waals surface area (Å²) >= 11 is 0. The van der Waals surface area contributed by atoms with Crippen molar-refractivity contribution in [3.05, 3.63) is 83.9 Å². The van der Waals surface area contributed by atoms with Crippen LogP contribution in [0.1, 0.15) is 11.1 Å². The van der Waals surface area contributed by atoms with Gasteiger partial charge in [0.25, 0.3) is 0 Å². The monoisotopic (exact) mass is 384 g/mol. The third kappa shape index (κ3) is 5.84. The smallest absolute Gasteiger partial charge is 0.190 e. The molecule has 0 bridgehead atoms. The summed E-state index contributed by atoms with van der Waals surface area (Å²) in [6.45, 7) is 0. The number of rotatable bonds is 5. The summed E-state index contributed by atoms with van der Waals surface area (Å²) in [5, 5.41) is 18.1. The molecule has 0 saturated heterocycles. The first-order valence-corrected chi connectivity index (χ1v) is 8.77. The highest BCUT2D eigenvalue weighted by Gasteiger charge is 1.98. The normalized spacial score (nSPS) is 10.1. The van der Waals surface area contributed by atoms with Gasteiger partial charge in [-0.25, -0.2) is 0 Å². The molecule has 29 heavy (non-hydrogen) atoms. The van der Waals surface area contributed by atoms with E-state index in [4.69, 9.17) is 15.9 Å². The molecule has 7 nitrogen and oxygen atoms in total. The van der Waals surface area contributed by atoms with Gasteiger partial charge in [-0.2, -0.15) is 0 Å². The molecule has 5 N–H and O–H groups in total. The van der Waals surface area contributed by atoms with Gasteiger partial charge in [0.05, 0.1) is 18.5 Å². The largest absolute Gasteiger partial charge is 0.497 e. The van der Waals surface area contributed by atoms with Crippen LogP contribution in [0.4, 0.5) is 17.1 Å². The number of anilines is 2. The lowest BCUT2D eigenvalue weighted by molar-refractivity contribution is 0.415. The van der Waals surface area contributed by atoms with E-state index in [1.165, 1.54) is 0 Å². The zero-order valence-corrected chi connectivity index (χ0v) is 15.8. The van der Waals surface area contributed by atoms with Crippen LogP contribution in [0.3, 0.4) is 0 Å². The van der Waals surface area contributed by atoms with E-state index < -0.39 is 0 Å². The number of nitrogens with one attached hydrogen (secondary N) is 3. The summed E-state index contributed by atoms with van der Waals surface area (Å²) in [7, 11) is 1.63.